The molecule has 0 bridgehead atoms. The zero-order valence-corrected chi connectivity index (χ0v) is 9.75. The molecule has 0 heterocycles. The maximum atomic E-state index is 12.1. The van der Waals surface area contributed by atoms with Crippen LogP contribution in [0.15, 0.2) is 0 Å². The highest BCUT2D eigenvalue weighted by Crippen LogP contribution is 2.38. The molecule has 1 N–H and O–H groups in total. The van der Waals surface area contributed by atoms with Gasteiger partial charge in [0.2, 0.25) is 11.8 Å². The quantitative estimate of drug-likeness (QED) is 0.746. The first kappa shape index (κ1) is 12.5. The molecular weight excluding hydrogens is 206 g/mol. The highest BCUT2D eigenvalue weighted by molar-refractivity contribution is 5.89. The molecule has 0 atom stereocenters. The topological polar surface area (TPSA) is 73.2 Å². The van der Waals surface area contributed by atoms with Gasteiger partial charge in [-0.3, -0.25) is 9.59 Å². The first-order valence-electron chi connectivity index (χ1n) is 5.43. The molecule has 1 saturated carbocycles. The summed E-state index contributed by atoms with van der Waals surface area (Å²) in [4.78, 5) is 24.6. The summed E-state index contributed by atoms with van der Waals surface area (Å²) in [5.41, 5.74) is -0.886. The van der Waals surface area contributed by atoms with Crippen LogP contribution in [-0.2, 0) is 9.59 Å². The highest BCUT2D eigenvalue weighted by Gasteiger charge is 2.43. The zero-order chi connectivity index (χ0) is 12.2. The summed E-state index contributed by atoms with van der Waals surface area (Å²) in [7, 11) is 3.09. The summed E-state index contributed by atoms with van der Waals surface area (Å²) in [6, 6.07) is 2.13. The molecule has 0 spiro atoms. The molecule has 1 aliphatic rings. The number of carbonyl (C=O) groups excluding carboxylic acids is 2. The van der Waals surface area contributed by atoms with Gasteiger partial charge in [-0.2, -0.15) is 5.26 Å². The summed E-state index contributed by atoms with van der Waals surface area (Å²) in [6.45, 7) is 0.0127. The standard InChI is InChI=1S/C11H17N3O2/c1-13-9(15)7-14(2)10(16)11(8-12)5-3-4-6-11/h3-7H2,1-2H3,(H,13,15). The van der Waals surface area contributed by atoms with Crippen LogP contribution >= 0.6 is 0 Å². The number of amides is 2. The van der Waals surface area contributed by atoms with E-state index in [4.69, 9.17) is 5.26 Å². The molecule has 0 unspecified atom stereocenters. The number of hydrogen-bond acceptors (Lipinski definition) is 3. The SMILES string of the molecule is CNC(=O)CN(C)C(=O)C1(C#N)CCCC1. The van der Waals surface area contributed by atoms with Crippen molar-refractivity contribution in [2.45, 2.75) is 25.7 Å². The third-order valence-electron chi connectivity index (χ3n) is 3.09. The minimum absolute atomic E-state index is 0.0127. The van der Waals surface area contributed by atoms with E-state index in [9.17, 15) is 9.59 Å². The van der Waals surface area contributed by atoms with Crippen molar-refractivity contribution in [1.82, 2.24) is 10.2 Å². The minimum Gasteiger partial charge on any atom is -0.358 e. The number of hydrogen-bond donors (Lipinski definition) is 1. The van der Waals surface area contributed by atoms with Gasteiger partial charge in [-0.15, -0.1) is 0 Å². The van der Waals surface area contributed by atoms with Crippen molar-refractivity contribution in [2.75, 3.05) is 20.6 Å². The fourth-order valence-electron chi connectivity index (χ4n) is 2.08. The number of carbonyl (C=O) groups is 2. The summed E-state index contributed by atoms with van der Waals surface area (Å²) >= 11 is 0. The molecule has 0 saturated heterocycles. The Morgan fingerprint density at radius 1 is 1.44 bits per heavy atom. The van der Waals surface area contributed by atoms with E-state index in [1.54, 1.807) is 7.05 Å². The number of rotatable bonds is 3. The monoisotopic (exact) mass is 223 g/mol. The van der Waals surface area contributed by atoms with E-state index in [1.807, 2.05) is 0 Å². The van der Waals surface area contributed by atoms with Crippen LogP contribution in [0, 0.1) is 16.7 Å². The molecule has 2 amide bonds. The molecule has 1 rings (SSSR count). The van der Waals surface area contributed by atoms with Gasteiger partial charge in [0, 0.05) is 14.1 Å². The fraction of sp³-hybridized carbons (Fsp3) is 0.727. The second kappa shape index (κ2) is 4.97. The normalized spacial score (nSPS) is 17.6. The van der Waals surface area contributed by atoms with Crippen LogP contribution in [0.25, 0.3) is 0 Å². The van der Waals surface area contributed by atoms with E-state index in [0.29, 0.717) is 12.8 Å². The maximum Gasteiger partial charge on any atom is 0.243 e. The predicted octanol–water partition coefficient (Wildman–Crippen LogP) is 0.275. The number of nitrogens with zero attached hydrogens (tertiary/aromatic N) is 2. The smallest absolute Gasteiger partial charge is 0.243 e. The van der Waals surface area contributed by atoms with Gasteiger partial charge in [0.25, 0.3) is 0 Å². The van der Waals surface area contributed by atoms with Gasteiger partial charge in [-0.1, -0.05) is 12.8 Å². The largest absolute Gasteiger partial charge is 0.358 e. The molecule has 0 aliphatic heterocycles. The van der Waals surface area contributed by atoms with Crippen molar-refractivity contribution in [2.24, 2.45) is 5.41 Å². The van der Waals surface area contributed by atoms with Crippen molar-refractivity contribution in [3.05, 3.63) is 0 Å². The van der Waals surface area contributed by atoms with E-state index < -0.39 is 5.41 Å². The highest BCUT2D eigenvalue weighted by atomic mass is 16.2. The van der Waals surface area contributed by atoms with E-state index in [1.165, 1.54) is 11.9 Å². The second-order valence-electron chi connectivity index (χ2n) is 4.24. The molecule has 5 heteroatoms. The van der Waals surface area contributed by atoms with Crippen LogP contribution in [0.1, 0.15) is 25.7 Å². The van der Waals surface area contributed by atoms with Crippen molar-refractivity contribution in [1.29, 1.82) is 5.26 Å². The van der Waals surface area contributed by atoms with Crippen molar-refractivity contribution in [3.8, 4) is 6.07 Å². The van der Waals surface area contributed by atoms with Gasteiger partial charge >= 0.3 is 0 Å². The maximum absolute atomic E-state index is 12.1. The second-order valence-corrected chi connectivity index (χ2v) is 4.24. The zero-order valence-electron chi connectivity index (χ0n) is 9.75. The Kier molecular flexibility index (Phi) is 3.88. The third kappa shape index (κ3) is 2.32. The Morgan fingerprint density at radius 2 is 2.00 bits per heavy atom. The molecular formula is C11H17N3O2. The first-order valence-corrected chi connectivity index (χ1v) is 5.43. The van der Waals surface area contributed by atoms with Crippen LogP contribution < -0.4 is 5.32 Å². The molecule has 0 aromatic carbocycles. The average molecular weight is 223 g/mol. The number of nitriles is 1. The van der Waals surface area contributed by atoms with Gasteiger partial charge in [0.05, 0.1) is 12.6 Å². The lowest BCUT2D eigenvalue weighted by Crippen LogP contribution is -2.44. The van der Waals surface area contributed by atoms with E-state index >= 15 is 0 Å². The molecule has 1 fully saturated rings. The molecule has 1 aliphatic carbocycles. The Labute approximate surface area is 95.4 Å². The van der Waals surface area contributed by atoms with Crippen molar-refractivity contribution < 1.29 is 9.59 Å². The molecule has 0 aromatic rings. The van der Waals surface area contributed by atoms with Crippen LogP contribution in [0.2, 0.25) is 0 Å². The van der Waals surface area contributed by atoms with Crippen LogP contribution in [0.5, 0.6) is 0 Å². The summed E-state index contributed by atoms with van der Waals surface area (Å²) < 4.78 is 0. The Morgan fingerprint density at radius 3 is 2.44 bits per heavy atom. The third-order valence-corrected chi connectivity index (χ3v) is 3.09. The summed E-state index contributed by atoms with van der Waals surface area (Å²) in [5, 5.41) is 11.6. The van der Waals surface area contributed by atoms with Crippen molar-refractivity contribution in [3.63, 3.8) is 0 Å². The van der Waals surface area contributed by atoms with Gasteiger partial charge < -0.3 is 10.2 Å². The van der Waals surface area contributed by atoms with Crippen molar-refractivity contribution >= 4 is 11.8 Å². The molecule has 88 valence electrons. The summed E-state index contributed by atoms with van der Waals surface area (Å²) in [5.74, 6) is -0.446. The predicted molar refractivity (Wildman–Crippen MR) is 58.2 cm³/mol. The fourth-order valence-corrected chi connectivity index (χ4v) is 2.08. The Hall–Kier alpha value is -1.57. The average Bonchev–Trinajstić information content (AvgIpc) is 2.77. The Balaban J connectivity index is 2.69. The van der Waals surface area contributed by atoms with E-state index in [2.05, 4.69) is 11.4 Å². The molecule has 0 radical (unpaired) electrons. The molecule has 5 nitrogen and oxygen atoms in total. The Bertz CT molecular complexity index is 327. The van der Waals surface area contributed by atoms with Crippen LogP contribution in [0.3, 0.4) is 0 Å². The molecule has 16 heavy (non-hydrogen) atoms. The number of likely N-dealkylation sites (N-methyl/N-ethyl adjacent to an activating group) is 2. The lowest BCUT2D eigenvalue weighted by Gasteiger charge is -2.25. The van der Waals surface area contributed by atoms with Gasteiger partial charge in [0.15, 0.2) is 0 Å². The van der Waals surface area contributed by atoms with Gasteiger partial charge in [0.1, 0.15) is 5.41 Å². The summed E-state index contributed by atoms with van der Waals surface area (Å²) in [6.07, 6.45) is 3.04. The van der Waals surface area contributed by atoms with Crippen LogP contribution in [-0.4, -0.2) is 37.4 Å². The number of nitrogens with one attached hydrogen (secondary N) is 1. The van der Waals surface area contributed by atoms with Gasteiger partial charge in [-0.25, -0.2) is 0 Å². The lowest BCUT2D eigenvalue weighted by molar-refractivity contribution is -0.140. The first-order chi connectivity index (χ1) is 7.55. The minimum atomic E-state index is -0.886. The van der Waals surface area contributed by atoms with E-state index in [-0.39, 0.29) is 18.4 Å². The molecule has 0 aromatic heterocycles. The van der Waals surface area contributed by atoms with E-state index in [0.717, 1.165) is 12.8 Å². The lowest BCUT2D eigenvalue weighted by atomic mass is 9.86. The van der Waals surface area contributed by atoms with Gasteiger partial charge in [-0.05, 0) is 12.8 Å². The van der Waals surface area contributed by atoms with Crippen LogP contribution in [0.4, 0.5) is 0 Å².